The maximum absolute atomic E-state index is 11.9. The molecule has 5 nitrogen and oxygen atoms in total. The van der Waals surface area contributed by atoms with Crippen molar-refractivity contribution in [3.8, 4) is 0 Å². The maximum atomic E-state index is 11.9. The number of nitrogens with one attached hydrogen (secondary N) is 2. The zero-order chi connectivity index (χ0) is 13.1. The van der Waals surface area contributed by atoms with Crippen molar-refractivity contribution >= 4 is 22.4 Å². The van der Waals surface area contributed by atoms with Crippen LogP contribution in [0.5, 0.6) is 0 Å². The van der Waals surface area contributed by atoms with Gasteiger partial charge in [0, 0.05) is 11.4 Å². The summed E-state index contributed by atoms with van der Waals surface area (Å²) in [5.41, 5.74) is 1.42. The van der Waals surface area contributed by atoms with E-state index in [-0.39, 0.29) is 11.9 Å². The van der Waals surface area contributed by atoms with E-state index in [0.717, 1.165) is 5.69 Å². The highest BCUT2D eigenvalue weighted by atomic mass is 32.1. The molecule has 2 heterocycles. The lowest BCUT2D eigenvalue weighted by molar-refractivity contribution is 0.102. The number of hydrogen-bond acceptors (Lipinski definition) is 5. The molecule has 0 radical (unpaired) electrons. The van der Waals surface area contributed by atoms with Crippen molar-refractivity contribution in [3.63, 3.8) is 0 Å². The smallest absolute Gasteiger partial charge is 0.260 e. The van der Waals surface area contributed by atoms with E-state index in [1.807, 2.05) is 19.4 Å². The van der Waals surface area contributed by atoms with Crippen LogP contribution in [0.4, 0.5) is 5.13 Å². The molecule has 0 bridgehead atoms. The molecule has 1 atom stereocenters. The van der Waals surface area contributed by atoms with E-state index >= 15 is 0 Å². The van der Waals surface area contributed by atoms with Gasteiger partial charge in [-0.3, -0.25) is 10.1 Å². The fraction of sp³-hybridized carbons (Fsp3) is 0.333. The Morgan fingerprint density at radius 3 is 2.94 bits per heavy atom. The summed E-state index contributed by atoms with van der Waals surface area (Å²) in [5.74, 6) is 0.508. The van der Waals surface area contributed by atoms with Crippen molar-refractivity contribution in [2.75, 3.05) is 12.4 Å². The fourth-order valence-electron chi connectivity index (χ4n) is 1.42. The molecule has 6 heteroatoms. The molecular weight excluding hydrogens is 250 g/mol. The number of amides is 1. The Labute approximate surface area is 109 Å². The molecule has 2 aromatic rings. The van der Waals surface area contributed by atoms with Crippen molar-refractivity contribution in [2.24, 2.45) is 0 Å². The van der Waals surface area contributed by atoms with Crippen molar-refractivity contribution in [1.82, 2.24) is 10.3 Å². The number of aryl methyl sites for hydroxylation is 1. The van der Waals surface area contributed by atoms with Gasteiger partial charge in [0.15, 0.2) is 5.13 Å². The highest BCUT2D eigenvalue weighted by Gasteiger charge is 2.12. The van der Waals surface area contributed by atoms with E-state index in [4.69, 9.17) is 4.42 Å². The van der Waals surface area contributed by atoms with Crippen LogP contribution in [0, 0.1) is 6.92 Å². The minimum atomic E-state index is -0.204. The Morgan fingerprint density at radius 2 is 2.33 bits per heavy atom. The first-order valence-electron chi connectivity index (χ1n) is 5.59. The molecule has 0 spiro atoms. The first kappa shape index (κ1) is 12.8. The van der Waals surface area contributed by atoms with E-state index in [1.54, 1.807) is 13.0 Å². The van der Waals surface area contributed by atoms with Crippen LogP contribution in [0.15, 0.2) is 22.1 Å². The van der Waals surface area contributed by atoms with Gasteiger partial charge in [-0.05, 0) is 27.0 Å². The van der Waals surface area contributed by atoms with Crippen LogP contribution >= 0.6 is 11.3 Å². The Morgan fingerprint density at radius 1 is 1.56 bits per heavy atom. The van der Waals surface area contributed by atoms with Crippen LogP contribution < -0.4 is 10.6 Å². The monoisotopic (exact) mass is 265 g/mol. The van der Waals surface area contributed by atoms with Gasteiger partial charge in [0.1, 0.15) is 12.0 Å². The average molecular weight is 265 g/mol. The van der Waals surface area contributed by atoms with Gasteiger partial charge < -0.3 is 9.73 Å². The molecule has 0 aliphatic carbocycles. The SMILES string of the molecule is CNC(C)c1csc(NC(=O)c2coc(C)c2)n1. The lowest BCUT2D eigenvalue weighted by Crippen LogP contribution is -2.14. The Bertz CT molecular complexity index is 547. The molecule has 18 heavy (non-hydrogen) atoms. The molecule has 2 N–H and O–H groups in total. The lowest BCUT2D eigenvalue weighted by Gasteiger charge is -2.04. The molecule has 1 amide bonds. The second-order valence-electron chi connectivity index (χ2n) is 3.99. The predicted molar refractivity (Wildman–Crippen MR) is 71.0 cm³/mol. The van der Waals surface area contributed by atoms with Gasteiger partial charge >= 0.3 is 0 Å². The molecule has 0 saturated carbocycles. The standard InChI is InChI=1S/C12H15N3O2S/c1-7-4-9(5-17-7)11(16)15-12-14-10(6-18-12)8(2)13-3/h4-6,8,13H,1-3H3,(H,14,15,16). The van der Waals surface area contributed by atoms with Gasteiger partial charge in [0.2, 0.25) is 0 Å². The van der Waals surface area contributed by atoms with Crippen molar-refractivity contribution in [2.45, 2.75) is 19.9 Å². The summed E-state index contributed by atoms with van der Waals surface area (Å²) < 4.78 is 5.10. The van der Waals surface area contributed by atoms with Gasteiger partial charge in [0.25, 0.3) is 5.91 Å². The van der Waals surface area contributed by atoms with E-state index in [1.165, 1.54) is 17.6 Å². The molecule has 0 aromatic carbocycles. The number of thiazole rings is 1. The highest BCUT2D eigenvalue weighted by Crippen LogP contribution is 2.21. The van der Waals surface area contributed by atoms with Crippen molar-refractivity contribution < 1.29 is 9.21 Å². The number of furan rings is 1. The largest absolute Gasteiger partial charge is 0.469 e. The summed E-state index contributed by atoms with van der Waals surface area (Å²) in [4.78, 5) is 16.2. The summed E-state index contributed by atoms with van der Waals surface area (Å²) in [6.45, 7) is 3.81. The Hall–Kier alpha value is -1.66. The molecule has 2 aromatic heterocycles. The fourth-order valence-corrected chi connectivity index (χ4v) is 2.22. The quantitative estimate of drug-likeness (QED) is 0.891. The van der Waals surface area contributed by atoms with Crippen LogP contribution in [0.1, 0.15) is 34.8 Å². The van der Waals surface area contributed by atoms with Gasteiger partial charge in [-0.15, -0.1) is 11.3 Å². The predicted octanol–water partition coefficient (Wildman–Crippen LogP) is 2.58. The lowest BCUT2D eigenvalue weighted by atomic mass is 10.3. The van der Waals surface area contributed by atoms with E-state index in [9.17, 15) is 4.79 Å². The van der Waals surface area contributed by atoms with Crippen LogP contribution in [0.25, 0.3) is 0 Å². The number of anilines is 1. The minimum Gasteiger partial charge on any atom is -0.469 e. The number of carbonyl (C=O) groups is 1. The number of rotatable bonds is 4. The van der Waals surface area contributed by atoms with Gasteiger partial charge in [-0.2, -0.15) is 0 Å². The van der Waals surface area contributed by atoms with Crippen molar-refractivity contribution in [1.29, 1.82) is 0 Å². The third-order valence-electron chi connectivity index (χ3n) is 2.61. The molecule has 2 rings (SSSR count). The second-order valence-corrected chi connectivity index (χ2v) is 4.85. The zero-order valence-corrected chi connectivity index (χ0v) is 11.3. The van der Waals surface area contributed by atoms with E-state index < -0.39 is 0 Å². The number of carbonyl (C=O) groups excluding carboxylic acids is 1. The van der Waals surface area contributed by atoms with Crippen LogP contribution in [0.2, 0.25) is 0 Å². The summed E-state index contributed by atoms with van der Waals surface area (Å²) in [6, 6.07) is 1.86. The summed E-state index contributed by atoms with van der Waals surface area (Å²) >= 11 is 1.41. The van der Waals surface area contributed by atoms with Gasteiger partial charge in [-0.1, -0.05) is 0 Å². The van der Waals surface area contributed by atoms with Crippen LogP contribution in [-0.2, 0) is 0 Å². The first-order chi connectivity index (χ1) is 8.60. The topological polar surface area (TPSA) is 67.2 Å². The molecule has 96 valence electrons. The highest BCUT2D eigenvalue weighted by molar-refractivity contribution is 7.14. The average Bonchev–Trinajstić information content (AvgIpc) is 2.97. The van der Waals surface area contributed by atoms with Crippen molar-refractivity contribution in [3.05, 3.63) is 34.7 Å². The number of hydrogen-bond donors (Lipinski definition) is 2. The normalized spacial score (nSPS) is 12.4. The molecule has 0 aliphatic rings. The van der Waals surface area contributed by atoms with E-state index in [0.29, 0.717) is 16.5 Å². The number of nitrogens with zero attached hydrogens (tertiary/aromatic N) is 1. The van der Waals surface area contributed by atoms with Crippen LogP contribution in [-0.4, -0.2) is 17.9 Å². The van der Waals surface area contributed by atoms with E-state index in [2.05, 4.69) is 15.6 Å². The third-order valence-corrected chi connectivity index (χ3v) is 3.39. The summed E-state index contributed by atoms with van der Waals surface area (Å²) in [5, 5.41) is 8.37. The minimum absolute atomic E-state index is 0.170. The maximum Gasteiger partial charge on any atom is 0.260 e. The third kappa shape index (κ3) is 2.77. The second kappa shape index (κ2) is 5.32. The molecule has 0 fully saturated rings. The Balaban J connectivity index is 2.05. The molecular formula is C12H15N3O2S. The number of aromatic nitrogens is 1. The van der Waals surface area contributed by atoms with Crippen LogP contribution in [0.3, 0.4) is 0 Å². The summed E-state index contributed by atoms with van der Waals surface area (Å²) in [6.07, 6.45) is 1.44. The zero-order valence-electron chi connectivity index (χ0n) is 10.5. The van der Waals surface area contributed by atoms with Gasteiger partial charge in [0.05, 0.1) is 11.3 Å². The summed E-state index contributed by atoms with van der Waals surface area (Å²) in [7, 11) is 1.87. The molecule has 0 saturated heterocycles. The van der Waals surface area contributed by atoms with Gasteiger partial charge in [-0.25, -0.2) is 4.98 Å². The Kier molecular flexibility index (Phi) is 3.78. The molecule has 1 unspecified atom stereocenters. The molecule has 0 aliphatic heterocycles. The first-order valence-corrected chi connectivity index (χ1v) is 6.47.